The lowest BCUT2D eigenvalue weighted by atomic mass is 9.81. The number of hydrogen-bond acceptors (Lipinski definition) is 2. The number of likely N-dealkylation sites (tertiary alicyclic amines) is 1. The van der Waals surface area contributed by atoms with Crippen LogP contribution in [0.5, 0.6) is 0 Å². The van der Waals surface area contributed by atoms with Gasteiger partial charge >= 0.3 is 0 Å². The van der Waals surface area contributed by atoms with E-state index < -0.39 is 0 Å². The monoisotopic (exact) mass is 169 g/mol. The minimum atomic E-state index is 0.520. The molecule has 2 rings (SSSR count). The SMILES string of the molecule is CC1C[C@@]2(CCCOC2)CN1C. The van der Waals surface area contributed by atoms with E-state index in [-0.39, 0.29) is 0 Å². The molecule has 2 saturated heterocycles. The van der Waals surface area contributed by atoms with Gasteiger partial charge in [-0.1, -0.05) is 0 Å². The lowest BCUT2D eigenvalue weighted by Gasteiger charge is -2.32. The van der Waals surface area contributed by atoms with Crippen LogP contribution in [0.3, 0.4) is 0 Å². The first-order chi connectivity index (χ1) is 5.72. The van der Waals surface area contributed by atoms with E-state index in [1.807, 2.05) is 0 Å². The van der Waals surface area contributed by atoms with Gasteiger partial charge in [0.05, 0.1) is 6.61 Å². The molecule has 2 aliphatic heterocycles. The van der Waals surface area contributed by atoms with Crippen LogP contribution < -0.4 is 0 Å². The van der Waals surface area contributed by atoms with Crippen molar-refractivity contribution in [1.29, 1.82) is 0 Å². The third kappa shape index (κ3) is 1.38. The molecule has 1 spiro atoms. The molecule has 2 heteroatoms. The summed E-state index contributed by atoms with van der Waals surface area (Å²) in [5.74, 6) is 0. The lowest BCUT2D eigenvalue weighted by molar-refractivity contribution is -0.00124. The van der Waals surface area contributed by atoms with Gasteiger partial charge in [0.15, 0.2) is 0 Å². The predicted molar refractivity (Wildman–Crippen MR) is 49.2 cm³/mol. The zero-order valence-corrected chi connectivity index (χ0v) is 8.18. The van der Waals surface area contributed by atoms with Crippen LogP contribution in [0.4, 0.5) is 0 Å². The van der Waals surface area contributed by atoms with Crippen LogP contribution in [-0.4, -0.2) is 37.7 Å². The van der Waals surface area contributed by atoms with Crippen molar-refractivity contribution in [2.45, 2.75) is 32.2 Å². The summed E-state index contributed by atoms with van der Waals surface area (Å²) in [6.07, 6.45) is 3.98. The van der Waals surface area contributed by atoms with E-state index in [4.69, 9.17) is 4.74 Å². The first kappa shape index (κ1) is 8.52. The summed E-state index contributed by atoms with van der Waals surface area (Å²) in [6.45, 7) is 5.55. The van der Waals surface area contributed by atoms with Crippen molar-refractivity contribution in [3.63, 3.8) is 0 Å². The summed E-state index contributed by atoms with van der Waals surface area (Å²) in [5.41, 5.74) is 0.520. The van der Waals surface area contributed by atoms with Crippen LogP contribution in [0.1, 0.15) is 26.2 Å². The quantitative estimate of drug-likeness (QED) is 0.545. The van der Waals surface area contributed by atoms with Gasteiger partial charge in [0, 0.05) is 24.6 Å². The average molecular weight is 169 g/mol. The molecule has 2 aliphatic rings. The molecule has 0 aliphatic carbocycles. The molecule has 1 unspecified atom stereocenters. The van der Waals surface area contributed by atoms with Crippen molar-refractivity contribution in [3.05, 3.63) is 0 Å². The fourth-order valence-electron chi connectivity index (χ4n) is 2.73. The van der Waals surface area contributed by atoms with E-state index in [9.17, 15) is 0 Å². The molecule has 0 saturated carbocycles. The van der Waals surface area contributed by atoms with Crippen LogP contribution in [0, 0.1) is 5.41 Å². The molecule has 0 aromatic rings. The van der Waals surface area contributed by atoms with Crippen molar-refractivity contribution in [2.24, 2.45) is 5.41 Å². The maximum atomic E-state index is 5.58. The first-order valence-electron chi connectivity index (χ1n) is 5.00. The third-order valence-corrected chi connectivity index (χ3v) is 3.47. The molecular weight excluding hydrogens is 150 g/mol. The molecule has 2 fully saturated rings. The van der Waals surface area contributed by atoms with Crippen molar-refractivity contribution in [3.8, 4) is 0 Å². The van der Waals surface area contributed by atoms with Gasteiger partial charge in [0.25, 0.3) is 0 Å². The summed E-state index contributed by atoms with van der Waals surface area (Å²) in [7, 11) is 2.23. The Labute approximate surface area is 74.9 Å². The Morgan fingerprint density at radius 2 is 2.33 bits per heavy atom. The number of nitrogens with zero attached hydrogens (tertiary/aromatic N) is 1. The number of rotatable bonds is 0. The van der Waals surface area contributed by atoms with Crippen molar-refractivity contribution in [1.82, 2.24) is 4.90 Å². The smallest absolute Gasteiger partial charge is 0.0535 e. The molecule has 12 heavy (non-hydrogen) atoms. The normalized spacial score (nSPS) is 44.0. The van der Waals surface area contributed by atoms with E-state index in [1.54, 1.807) is 0 Å². The topological polar surface area (TPSA) is 12.5 Å². The molecule has 2 nitrogen and oxygen atoms in total. The molecule has 70 valence electrons. The van der Waals surface area contributed by atoms with E-state index in [0.29, 0.717) is 5.41 Å². The van der Waals surface area contributed by atoms with Gasteiger partial charge in [-0.25, -0.2) is 0 Å². The maximum absolute atomic E-state index is 5.58. The standard InChI is InChI=1S/C10H19NO/c1-9-6-10(7-11(9)2)4-3-5-12-8-10/h9H,3-8H2,1-2H3/t9?,10-/m0/s1. The molecule has 2 atom stereocenters. The second-order valence-corrected chi connectivity index (χ2v) is 4.62. The van der Waals surface area contributed by atoms with E-state index in [2.05, 4.69) is 18.9 Å². The Balaban J connectivity index is 2.02. The van der Waals surface area contributed by atoms with Gasteiger partial charge < -0.3 is 9.64 Å². The first-order valence-corrected chi connectivity index (χ1v) is 5.00. The average Bonchev–Trinajstić information content (AvgIpc) is 2.29. The summed E-state index contributed by atoms with van der Waals surface area (Å²) in [6, 6.07) is 0.756. The van der Waals surface area contributed by atoms with Crippen molar-refractivity contribution < 1.29 is 4.74 Å². The Morgan fingerprint density at radius 3 is 2.83 bits per heavy atom. The molecule has 0 N–H and O–H groups in total. The fourth-order valence-corrected chi connectivity index (χ4v) is 2.73. The van der Waals surface area contributed by atoms with Crippen LogP contribution in [0.15, 0.2) is 0 Å². The highest BCUT2D eigenvalue weighted by atomic mass is 16.5. The second-order valence-electron chi connectivity index (χ2n) is 4.62. The second kappa shape index (κ2) is 3.00. The van der Waals surface area contributed by atoms with Crippen LogP contribution in [-0.2, 0) is 4.74 Å². The molecule has 0 amide bonds. The molecule has 0 aromatic carbocycles. The summed E-state index contributed by atoms with van der Waals surface area (Å²) < 4.78 is 5.58. The van der Waals surface area contributed by atoms with Crippen molar-refractivity contribution >= 4 is 0 Å². The molecule has 0 aromatic heterocycles. The predicted octanol–water partition coefficient (Wildman–Crippen LogP) is 1.51. The highest BCUT2D eigenvalue weighted by molar-refractivity contribution is 4.94. The Bertz CT molecular complexity index is 151. The van der Waals surface area contributed by atoms with Gasteiger partial charge in [0.2, 0.25) is 0 Å². The van der Waals surface area contributed by atoms with Gasteiger partial charge in [-0.15, -0.1) is 0 Å². The largest absolute Gasteiger partial charge is 0.381 e. The summed E-state index contributed by atoms with van der Waals surface area (Å²) >= 11 is 0. The van der Waals surface area contributed by atoms with Crippen LogP contribution in [0.2, 0.25) is 0 Å². The summed E-state index contributed by atoms with van der Waals surface area (Å²) in [5, 5.41) is 0. The zero-order chi connectivity index (χ0) is 8.60. The minimum Gasteiger partial charge on any atom is -0.381 e. The highest BCUT2D eigenvalue weighted by Crippen LogP contribution is 2.40. The third-order valence-electron chi connectivity index (χ3n) is 3.47. The number of ether oxygens (including phenoxy) is 1. The molecule has 0 bridgehead atoms. The van der Waals surface area contributed by atoms with Gasteiger partial charge in [-0.3, -0.25) is 0 Å². The zero-order valence-electron chi connectivity index (χ0n) is 8.18. The fraction of sp³-hybridized carbons (Fsp3) is 1.00. The maximum Gasteiger partial charge on any atom is 0.0535 e. The highest BCUT2D eigenvalue weighted by Gasteiger charge is 2.41. The lowest BCUT2D eigenvalue weighted by Crippen LogP contribution is -2.34. The Morgan fingerprint density at radius 1 is 1.50 bits per heavy atom. The van der Waals surface area contributed by atoms with E-state index in [1.165, 1.54) is 25.8 Å². The summed E-state index contributed by atoms with van der Waals surface area (Å²) in [4.78, 5) is 2.47. The Hall–Kier alpha value is -0.0800. The van der Waals surface area contributed by atoms with Gasteiger partial charge in [-0.2, -0.15) is 0 Å². The molecule has 0 radical (unpaired) electrons. The van der Waals surface area contributed by atoms with Crippen LogP contribution >= 0.6 is 0 Å². The van der Waals surface area contributed by atoms with E-state index >= 15 is 0 Å². The molecular formula is C10H19NO. The minimum absolute atomic E-state index is 0.520. The molecule has 2 heterocycles. The Kier molecular flexibility index (Phi) is 2.13. The van der Waals surface area contributed by atoms with Crippen LogP contribution in [0.25, 0.3) is 0 Å². The number of hydrogen-bond donors (Lipinski definition) is 0. The van der Waals surface area contributed by atoms with Gasteiger partial charge in [0.1, 0.15) is 0 Å². The van der Waals surface area contributed by atoms with E-state index in [0.717, 1.165) is 19.3 Å². The van der Waals surface area contributed by atoms with Crippen molar-refractivity contribution in [2.75, 3.05) is 26.8 Å². The van der Waals surface area contributed by atoms with Gasteiger partial charge in [-0.05, 0) is 33.2 Å².